The molecule has 0 unspecified atom stereocenters. The first kappa shape index (κ1) is 17.3. The number of rotatable bonds is 5. The second kappa shape index (κ2) is 7.49. The van der Waals surface area contributed by atoms with Crippen LogP contribution in [-0.2, 0) is 4.79 Å². The third-order valence-corrected chi connectivity index (χ3v) is 3.98. The summed E-state index contributed by atoms with van der Waals surface area (Å²) in [6.45, 7) is 5.65. The number of hydrogen-bond acceptors (Lipinski definition) is 3. The molecule has 126 valence electrons. The van der Waals surface area contributed by atoms with Crippen molar-refractivity contribution in [1.82, 2.24) is 4.90 Å². The number of carbonyl (C=O) groups is 2. The monoisotopic (exact) mass is 317 g/mol. The van der Waals surface area contributed by atoms with Crippen molar-refractivity contribution in [2.75, 3.05) is 37.4 Å². The van der Waals surface area contributed by atoms with Gasteiger partial charge in [0, 0.05) is 45.0 Å². The Morgan fingerprint density at radius 3 is 2.43 bits per heavy atom. The van der Waals surface area contributed by atoms with Crippen molar-refractivity contribution in [2.24, 2.45) is 5.92 Å². The van der Waals surface area contributed by atoms with E-state index in [2.05, 4.69) is 5.32 Å². The van der Waals surface area contributed by atoms with Crippen LogP contribution in [0.4, 0.5) is 11.4 Å². The Morgan fingerprint density at radius 1 is 1.22 bits per heavy atom. The molecule has 1 N–H and O–H groups in total. The summed E-state index contributed by atoms with van der Waals surface area (Å²) in [6, 6.07) is 5.55. The first-order valence-electron chi connectivity index (χ1n) is 8.29. The van der Waals surface area contributed by atoms with Gasteiger partial charge in [0.1, 0.15) is 0 Å². The first-order valence-corrected chi connectivity index (χ1v) is 8.29. The minimum atomic E-state index is -0.0165. The smallest absolute Gasteiger partial charge is 0.256 e. The molecule has 0 spiro atoms. The fourth-order valence-electron chi connectivity index (χ4n) is 2.85. The topological polar surface area (TPSA) is 52.7 Å². The maximum absolute atomic E-state index is 12.8. The van der Waals surface area contributed by atoms with Gasteiger partial charge in [0.15, 0.2) is 0 Å². The van der Waals surface area contributed by atoms with E-state index in [4.69, 9.17) is 0 Å². The zero-order valence-corrected chi connectivity index (χ0v) is 14.6. The second-order valence-electron chi connectivity index (χ2n) is 6.77. The van der Waals surface area contributed by atoms with Gasteiger partial charge in [-0.2, -0.15) is 0 Å². The number of anilines is 2. The highest BCUT2D eigenvalue weighted by Crippen LogP contribution is 2.26. The van der Waals surface area contributed by atoms with E-state index in [1.54, 1.807) is 6.07 Å². The van der Waals surface area contributed by atoms with E-state index in [-0.39, 0.29) is 11.8 Å². The quantitative estimate of drug-likeness (QED) is 0.908. The summed E-state index contributed by atoms with van der Waals surface area (Å²) in [4.78, 5) is 28.6. The van der Waals surface area contributed by atoms with Crippen molar-refractivity contribution in [1.29, 1.82) is 0 Å². The molecule has 5 heteroatoms. The number of likely N-dealkylation sites (tertiary alicyclic amines) is 1. The summed E-state index contributed by atoms with van der Waals surface area (Å²) in [5.74, 6) is 0.338. The van der Waals surface area contributed by atoms with Gasteiger partial charge in [0.2, 0.25) is 5.91 Å². The average Bonchev–Trinajstić information content (AvgIpc) is 2.99. The van der Waals surface area contributed by atoms with E-state index in [9.17, 15) is 9.59 Å². The Balaban J connectivity index is 2.24. The van der Waals surface area contributed by atoms with Crippen molar-refractivity contribution < 1.29 is 9.59 Å². The van der Waals surface area contributed by atoms with Gasteiger partial charge in [-0.1, -0.05) is 13.8 Å². The van der Waals surface area contributed by atoms with E-state index >= 15 is 0 Å². The Bertz CT molecular complexity index is 576. The molecule has 1 aliphatic rings. The van der Waals surface area contributed by atoms with Crippen LogP contribution < -0.4 is 10.2 Å². The number of amides is 2. The summed E-state index contributed by atoms with van der Waals surface area (Å²) in [5.41, 5.74) is 2.21. The molecule has 1 fully saturated rings. The highest BCUT2D eigenvalue weighted by atomic mass is 16.2. The highest BCUT2D eigenvalue weighted by Gasteiger charge is 2.23. The van der Waals surface area contributed by atoms with Crippen LogP contribution in [0.15, 0.2) is 18.2 Å². The van der Waals surface area contributed by atoms with Crippen LogP contribution in [0.25, 0.3) is 0 Å². The molecule has 1 saturated heterocycles. The molecule has 0 saturated carbocycles. The van der Waals surface area contributed by atoms with Gasteiger partial charge in [0.25, 0.3) is 5.91 Å². The molecular formula is C18H27N3O2. The zero-order chi connectivity index (χ0) is 17.0. The van der Waals surface area contributed by atoms with Crippen molar-refractivity contribution in [3.8, 4) is 0 Å². The van der Waals surface area contributed by atoms with Crippen LogP contribution in [0.3, 0.4) is 0 Å². The normalized spacial score (nSPS) is 14.2. The molecule has 23 heavy (non-hydrogen) atoms. The van der Waals surface area contributed by atoms with Crippen LogP contribution in [0.2, 0.25) is 0 Å². The predicted octanol–water partition coefficient (Wildman–Crippen LogP) is 2.97. The lowest BCUT2D eigenvalue weighted by atomic mass is 10.1. The van der Waals surface area contributed by atoms with Crippen LogP contribution >= 0.6 is 0 Å². The number of benzene rings is 1. The fourth-order valence-corrected chi connectivity index (χ4v) is 2.85. The lowest BCUT2D eigenvalue weighted by molar-refractivity contribution is -0.116. The van der Waals surface area contributed by atoms with Crippen LogP contribution in [-0.4, -0.2) is 43.9 Å². The third kappa shape index (κ3) is 4.47. The molecule has 0 atom stereocenters. The lowest BCUT2D eigenvalue weighted by Gasteiger charge is -2.22. The van der Waals surface area contributed by atoms with Gasteiger partial charge >= 0.3 is 0 Å². The molecule has 2 rings (SSSR count). The second-order valence-corrected chi connectivity index (χ2v) is 6.77. The van der Waals surface area contributed by atoms with Gasteiger partial charge in [-0.25, -0.2) is 0 Å². The molecular weight excluding hydrogens is 290 g/mol. The van der Waals surface area contributed by atoms with Crippen molar-refractivity contribution in [2.45, 2.75) is 33.1 Å². The Hall–Kier alpha value is -2.04. The Labute approximate surface area is 138 Å². The van der Waals surface area contributed by atoms with Crippen LogP contribution in [0.1, 0.15) is 43.5 Å². The maximum Gasteiger partial charge on any atom is 0.256 e. The fraction of sp³-hybridized carbons (Fsp3) is 0.556. The minimum Gasteiger partial charge on any atom is -0.377 e. The predicted molar refractivity (Wildman–Crippen MR) is 94.0 cm³/mol. The molecule has 1 aliphatic heterocycles. The number of hydrogen-bond donors (Lipinski definition) is 1. The standard InChI is InChI=1S/C18H27N3O2/c1-13(2)11-17(22)19-14-7-8-16(20(3)4)15(12-14)18(23)21-9-5-6-10-21/h7-8,12-13H,5-6,9-11H2,1-4H3,(H,19,22). The molecule has 2 amide bonds. The van der Waals surface area contributed by atoms with E-state index < -0.39 is 0 Å². The summed E-state index contributed by atoms with van der Waals surface area (Å²) in [6.07, 6.45) is 2.60. The summed E-state index contributed by atoms with van der Waals surface area (Å²) in [5, 5.41) is 2.90. The summed E-state index contributed by atoms with van der Waals surface area (Å²) < 4.78 is 0. The number of nitrogens with zero attached hydrogens (tertiary/aromatic N) is 2. The van der Waals surface area contributed by atoms with Crippen LogP contribution in [0, 0.1) is 5.92 Å². The SMILES string of the molecule is CC(C)CC(=O)Nc1ccc(N(C)C)c(C(=O)N2CCCC2)c1. The average molecular weight is 317 g/mol. The van der Waals surface area contributed by atoms with E-state index in [1.165, 1.54) is 0 Å². The largest absolute Gasteiger partial charge is 0.377 e. The van der Waals surface area contributed by atoms with Gasteiger partial charge in [-0.15, -0.1) is 0 Å². The highest BCUT2D eigenvalue weighted by molar-refractivity contribution is 6.02. The van der Waals surface area contributed by atoms with Gasteiger partial charge in [-0.05, 0) is 37.0 Å². The van der Waals surface area contributed by atoms with Gasteiger partial charge in [-0.3, -0.25) is 9.59 Å². The van der Waals surface area contributed by atoms with E-state index in [0.717, 1.165) is 31.6 Å². The van der Waals surface area contributed by atoms with E-state index in [0.29, 0.717) is 23.6 Å². The number of carbonyl (C=O) groups excluding carboxylic acids is 2. The van der Waals surface area contributed by atoms with Gasteiger partial charge < -0.3 is 15.1 Å². The molecule has 1 aromatic rings. The summed E-state index contributed by atoms with van der Waals surface area (Å²) in [7, 11) is 3.85. The summed E-state index contributed by atoms with van der Waals surface area (Å²) >= 11 is 0. The third-order valence-electron chi connectivity index (χ3n) is 3.98. The Morgan fingerprint density at radius 2 is 1.87 bits per heavy atom. The molecule has 1 aromatic carbocycles. The van der Waals surface area contributed by atoms with Crippen molar-refractivity contribution in [3.05, 3.63) is 23.8 Å². The molecule has 0 bridgehead atoms. The molecule has 5 nitrogen and oxygen atoms in total. The molecule has 1 heterocycles. The number of nitrogens with one attached hydrogen (secondary N) is 1. The van der Waals surface area contributed by atoms with Crippen molar-refractivity contribution >= 4 is 23.2 Å². The first-order chi connectivity index (χ1) is 10.9. The molecule has 0 radical (unpaired) electrons. The minimum absolute atomic E-state index is 0.0165. The van der Waals surface area contributed by atoms with E-state index in [1.807, 2.05) is 49.9 Å². The van der Waals surface area contributed by atoms with Gasteiger partial charge in [0.05, 0.1) is 5.56 Å². The zero-order valence-electron chi connectivity index (χ0n) is 14.6. The molecule has 0 aliphatic carbocycles. The van der Waals surface area contributed by atoms with Crippen LogP contribution in [0.5, 0.6) is 0 Å². The van der Waals surface area contributed by atoms with Crippen molar-refractivity contribution in [3.63, 3.8) is 0 Å². The maximum atomic E-state index is 12.8. The lowest BCUT2D eigenvalue weighted by Crippen LogP contribution is -2.29. The molecule has 0 aromatic heterocycles. The Kier molecular flexibility index (Phi) is 5.64.